The van der Waals surface area contributed by atoms with Crippen LogP contribution >= 0.6 is 12.4 Å². The monoisotopic (exact) mass is 295 g/mol. The number of carbonyl (C=O) groups excluding carboxylic acids is 1. The second kappa shape index (κ2) is 7.62. The first kappa shape index (κ1) is 16.1. The van der Waals surface area contributed by atoms with Gasteiger partial charge in [0, 0.05) is 18.2 Å². The maximum atomic E-state index is 11.8. The lowest BCUT2D eigenvalue weighted by Gasteiger charge is -2.11. The van der Waals surface area contributed by atoms with Gasteiger partial charge in [0.2, 0.25) is 5.91 Å². The highest BCUT2D eigenvalue weighted by atomic mass is 35.5. The molecule has 1 atom stereocenters. The Hall–Kier alpha value is -1.92. The third kappa shape index (κ3) is 4.04. The summed E-state index contributed by atoms with van der Waals surface area (Å²) in [5.41, 5.74) is 1.68. The van der Waals surface area contributed by atoms with Crippen LogP contribution < -0.4 is 10.6 Å². The zero-order valence-electron chi connectivity index (χ0n) is 11.4. The van der Waals surface area contributed by atoms with Gasteiger partial charge in [0.25, 0.3) is 0 Å². The normalized spacial score (nSPS) is 11.5. The van der Waals surface area contributed by atoms with Crippen molar-refractivity contribution in [1.29, 1.82) is 0 Å². The smallest absolute Gasteiger partial charge is 0.228 e. The lowest BCUT2D eigenvalue weighted by atomic mass is 10.1. The average molecular weight is 296 g/mol. The molecule has 20 heavy (non-hydrogen) atoms. The number of benzene rings is 1. The molecule has 0 aliphatic rings. The minimum absolute atomic E-state index is 0. The number of hydrogen-bond acceptors (Lipinski definition) is 4. The van der Waals surface area contributed by atoms with E-state index < -0.39 is 0 Å². The van der Waals surface area contributed by atoms with Crippen molar-refractivity contribution >= 4 is 24.0 Å². The van der Waals surface area contributed by atoms with Gasteiger partial charge in [0.05, 0.1) is 18.1 Å². The van der Waals surface area contributed by atoms with Crippen molar-refractivity contribution in [3.05, 3.63) is 36.7 Å². The topological polar surface area (TPSA) is 71.8 Å². The van der Waals surface area contributed by atoms with E-state index in [-0.39, 0.29) is 24.2 Å². The number of hydrogen-bond donors (Lipinski definition) is 2. The van der Waals surface area contributed by atoms with E-state index >= 15 is 0 Å². The van der Waals surface area contributed by atoms with Gasteiger partial charge in [0.1, 0.15) is 0 Å². The van der Waals surface area contributed by atoms with E-state index in [0.717, 1.165) is 11.4 Å². The number of aromatic nitrogens is 3. The second-order valence-electron chi connectivity index (χ2n) is 4.34. The number of rotatable bonds is 5. The molecule has 1 amide bonds. The number of halogens is 1. The summed E-state index contributed by atoms with van der Waals surface area (Å²) >= 11 is 0. The molecule has 1 unspecified atom stereocenters. The van der Waals surface area contributed by atoms with Gasteiger partial charge in [-0.15, -0.1) is 17.5 Å². The highest BCUT2D eigenvalue weighted by Gasteiger charge is 2.11. The van der Waals surface area contributed by atoms with E-state index in [4.69, 9.17) is 0 Å². The Morgan fingerprint density at radius 1 is 1.35 bits per heavy atom. The average Bonchev–Trinajstić information content (AvgIpc) is 2.94. The molecule has 0 bridgehead atoms. The molecular formula is C13H18ClN5O. The van der Waals surface area contributed by atoms with E-state index in [1.165, 1.54) is 0 Å². The van der Waals surface area contributed by atoms with Gasteiger partial charge in [-0.05, 0) is 31.3 Å². The molecule has 7 heteroatoms. The Balaban J connectivity index is 0.00000200. The Morgan fingerprint density at radius 3 is 2.60 bits per heavy atom. The van der Waals surface area contributed by atoms with Gasteiger partial charge in [-0.1, -0.05) is 12.1 Å². The molecule has 6 nitrogen and oxygen atoms in total. The van der Waals surface area contributed by atoms with E-state index in [1.807, 2.05) is 38.2 Å². The largest absolute Gasteiger partial charge is 0.326 e. The van der Waals surface area contributed by atoms with Crippen molar-refractivity contribution < 1.29 is 4.79 Å². The summed E-state index contributed by atoms with van der Waals surface area (Å²) in [6.07, 6.45) is 3.39. The highest BCUT2D eigenvalue weighted by molar-refractivity contribution is 5.92. The predicted molar refractivity (Wildman–Crippen MR) is 80.3 cm³/mol. The van der Waals surface area contributed by atoms with Crippen LogP contribution in [0.3, 0.4) is 0 Å². The third-order valence-electron chi connectivity index (χ3n) is 2.78. The SMILES string of the molecule is CNCC(C)C(=O)Nc1ccc(-n2ccnn2)cc1.Cl. The molecule has 2 rings (SSSR count). The molecule has 2 N–H and O–H groups in total. The number of anilines is 1. The summed E-state index contributed by atoms with van der Waals surface area (Å²) in [6, 6.07) is 7.46. The second-order valence-corrected chi connectivity index (χ2v) is 4.34. The molecule has 1 aromatic heterocycles. The molecule has 0 radical (unpaired) electrons. The first-order valence-electron chi connectivity index (χ1n) is 6.13. The summed E-state index contributed by atoms with van der Waals surface area (Å²) in [5, 5.41) is 13.5. The van der Waals surface area contributed by atoms with Crippen LogP contribution in [0.2, 0.25) is 0 Å². The molecular weight excluding hydrogens is 278 g/mol. The molecule has 0 aliphatic heterocycles. The Labute approximate surface area is 124 Å². The fourth-order valence-corrected chi connectivity index (χ4v) is 1.71. The molecule has 0 aliphatic carbocycles. The summed E-state index contributed by atoms with van der Waals surface area (Å²) in [6.45, 7) is 2.54. The summed E-state index contributed by atoms with van der Waals surface area (Å²) in [7, 11) is 1.83. The number of nitrogens with one attached hydrogen (secondary N) is 2. The van der Waals surface area contributed by atoms with Crippen LogP contribution in [0.5, 0.6) is 0 Å². The van der Waals surface area contributed by atoms with Crippen LogP contribution in [-0.4, -0.2) is 34.5 Å². The van der Waals surface area contributed by atoms with Crippen molar-refractivity contribution in [2.24, 2.45) is 5.92 Å². The van der Waals surface area contributed by atoms with Crippen LogP contribution in [0.15, 0.2) is 36.7 Å². The zero-order chi connectivity index (χ0) is 13.7. The number of nitrogens with zero attached hydrogens (tertiary/aromatic N) is 3. The fraction of sp³-hybridized carbons (Fsp3) is 0.308. The summed E-state index contributed by atoms with van der Waals surface area (Å²) in [4.78, 5) is 11.8. The van der Waals surface area contributed by atoms with E-state index in [0.29, 0.717) is 6.54 Å². The van der Waals surface area contributed by atoms with Gasteiger partial charge in [-0.3, -0.25) is 4.79 Å². The van der Waals surface area contributed by atoms with Crippen LogP contribution in [0.4, 0.5) is 5.69 Å². The Bertz CT molecular complexity index is 526. The molecule has 108 valence electrons. The van der Waals surface area contributed by atoms with E-state index in [1.54, 1.807) is 17.1 Å². The maximum Gasteiger partial charge on any atom is 0.228 e. The first-order valence-corrected chi connectivity index (χ1v) is 6.13. The molecule has 1 aromatic carbocycles. The van der Waals surface area contributed by atoms with Gasteiger partial charge >= 0.3 is 0 Å². The van der Waals surface area contributed by atoms with Crippen LogP contribution in [0.25, 0.3) is 5.69 Å². The molecule has 1 heterocycles. The van der Waals surface area contributed by atoms with E-state index in [9.17, 15) is 4.79 Å². The van der Waals surface area contributed by atoms with Crippen molar-refractivity contribution in [2.75, 3.05) is 18.9 Å². The minimum atomic E-state index is -0.0695. The highest BCUT2D eigenvalue weighted by Crippen LogP contribution is 2.13. The summed E-state index contributed by atoms with van der Waals surface area (Å²) < 4.78 is 1.66. The molecule has 2 aromatic rings. The van der Waals surface area contributed by atoms with Crippen molar-refractivity contribution in [3.63, 3.8) is 0 Å². The zero-order valence-corrected chi connectivity index (χ0v) is 12.2. The van der Waals surface area contributed by atoms with Gasteiger partial charge < -0.3 is 10.6 Å². The lowest BCUT2D eigenvalue weighted by Crippen LogP contribution is -2.28. The van der Waals surface area contributed by atoms with Gasteiger partial charge in [-0.25, -0.2) is 4.68 Å². The standard InChI is InChI=1S/C13H17N5O.ClH/c1-10(9-14-2)13(19)16-11-3-5-12(6-4-11)18-8-7-15-17-18;/h3-8,10,14H,9H2,1-2H3,(H,16,19);1H. The molecule has 0 spiro atoms. The maximum absolute atomic E-state index is 11.8. The fourth-order valence-electron chi connectivity index (χ4n) is 1.71. The quantitative estimate of drug-likeness (QED) is 0.876. The molecule has 0 fully saturated rings. The predicted octanol–water partition coefficient (Wildman–Crippen LogP) is 1.48. The van der Waals surface area contributed by atoms with Crippen LogP contribution in [0, 0.1) is 5.92 Å². The van der Waals surface area contributed by atoms with Crippen molar-refractivity contribution in [2.45, 2.75) is 6.92 Å². The van der Waals surface area contributed by atoms with Crippen LogP contribution in [-0.2, 0) is 4.79 Å². The number of carbonyl (C=O) groups is 1. The van der Waals surface area contributed by atoms with Gasteiger partial charge in [0.15, 0.2) is 0 Å². The molecule has 0 saturated heterocycles. The van der Waals surface area contributed by atoms with Crippen LogP contribution in [0.1, 0.15) is 6.92 Å². The first-order chi connectivity index (χ1) is 9.20. The van der Waals surface area contributed by atoms with E-state index in [2.05, 4.69) is 20.9 Å². The Morgan fingerprint density at radius 2 is 2.05 bits per heavy atom. The van der Waals surface area contributed by atoms with Crippen molar-refractivity contribution in [3.8, 4) is 5.69 Å². The summed E-state index contributed by atoms with van der Waals surface area (Å²) in [5.74, 6) is -0.0668. The van der Waals surface area contributed by atoms with Crippen molar-refractivity contribution in [1.82, 2.24) is 20.3 Å². The lowest BCUT2D eigenvalue weighted by molar-refractivity contribution is -0.119. The third-order valence-corrected chi connectivity index (χ3v) is 2.78. The molecule has 0 saturated carbocycles. The minimum Gasteiger partial charge on any atom is -0.326 e. The Kier molecular flexibility index (Phi) is 6.14. The van der Waals surface area contributed by atoms with Gasteiger partial charge in [-0.2, -0.15) is 0 Å². The number of amides is 1.